The first-order valence-electron chi connectivity index (χ1n) is 5.40. The second-order valence-corrected chi connectivity index (χ2v) is 3.64. The van der Waals surface area contributed by atoms with Gasteiger partial charge in [-0.25, -0.2) is 4.79 Å². The molecule has 0 saturated heterocycles. The number of benzene rings is 1. The molecule has 0 bridgehead atoms. The zero-order valence-corrected chi connectivity index (χ0v) is 10.1. The highest BCUT2D eigenvalue weighted by Crippen LogP contribution is 2.11. The Bertz CT molecular complexity index is 525. The molecular formula is C11H13N5O2. The van der Waals surface area contributed by atoms with Crippen LogP contribution in [-0.4, -0.2) is 39.3 Å². The Morgan fingerprint density at radius 3 is 2.78 bits per heavy atom. The average molecular weight is 247 g/mol. The van der Waals surface area contributed by atoms with Gasteiger partial charge in [0, 0.05) is 0 Å². The third kappa shape index (κ3) is 2.45. The van der Waals surface area contributed by atoms with Crippen molar-refractivity contribution in [2.75, 3.05) is 12.4 Å². The number of hydrogen-bond acceptors (Lipinski definition) is 6. The van der Waals surface area contributed by atoms with Crippen LogP contribution in [0.4, 0.5) is 5.95 Å². The Morgan fingerprint density at radius 2 is 2.11 bits per heavy atom. The zero-order chi connectivity index (χ0) is 13.0. The molecule has 0 radical (unpaired) electrons. The van der Waals surface area contributed by atoms with Crippen LogP contribution in [0.25, 0.3) is 5.69 Å². The molecule has 1 aromatic carbocycles. The Kier molecular flexibility index (Phi) is 3.52. The molecule has 7 nitrogen and oxygen atoms in total. The van der Waals surface area contributed by atoms with Gasteiger partial charge in [-0.2, -0.15) is 4.68 Å². The summed E-state index contributed by atoms with van der Waals surface area (Å²) in [6, 6.07) is 8.87. The summed E-state index contributed by atoms with van der Waals surface area (Å²) in [6.45, 7) is 1.68. The molecule has 0 aliphatic heterocycles. The lowest BCUT2D eigenvalue weighted by Gasteiger charge is -2.11. The van der Waals surface area contributed by atoms with E-state index in [4.69, 9.17) is 0 Å². The monoisotopic (exact) mass is 247 g/mol. The van der Waals surface area contributed by atoms with E-state index in [0.29, 0.717) is 5.95 Å². The number of tetrazole rings is 1. The third-order valence-electron chi connectivity index (χ3n) is 2.37. The van der Waals surface area contributed by atoms with Gasteiger partial charge in [-0.3, -0.25) is 0 Å². The lowest BCUT2D eigenvalue weighted by molar-refractivity contribution is -0.141. The fraction of sp³-hybridized carbons (Fsp3) is 0.273. The number of methoxy groups -OCH3 is 1. The predicted molar refractivity (Wildman–Crippen MR) is 64.3 cm³/mol. The van der Waals surface area contributed by atoms with E-state index >= 15 is 0 Å². The number of hydrogen-bond donors (Lipinski definition) is 1. The molecule has 1 atom stereocenters. The molecule has 94 valence electrons. The third-order valence-corrected chi connectivity index (χ3v) is 2.37. The molecule has 0 saturated carbocycles. The molecule has 0 spiro atoms. The molecule has 18 heavy (non-hydrogen) atoms. The van der Waals surface area contributed by atoms with Gasteiger partial charge in [-0.1, -0.05) is 23.3 Å². The van der Waals surface area contributed by atoms with Gasteiger partial charge in [-0.05, 0) is 29.5 Å². The normalized spacial score (nSPS) is 11.9. The van der Waals surface area contributed by atoms with E-state index < -0.39 is 6.04 Å². The van der Waals surface area contributed by atoms with Gasteiger partial charge in [0.1, 0.15) is 6.04 Å². The molecule has 1 N–H and O–H groups in total. The van der Waals surface area contributed by atoms with Crippen molar-refractivity contribution in [2.24, 2.45) is 0 Å². The summed E-state index contributed by atoms with van der Waals surface area (Å²) in [5, 5.41) is 14.2. The zero-order valence-electron chi connectivity index (χ0n) is 10.1. The van der Waals surface area contributed by atoms with E-state index in [9.17, 15) is 4.79 Å². The lowest BCUT2D eigenvalue weighted by atomic mass is 10.3. The number of carbonyl (C=O) groups is 1. The van der Waals surface area contributed by atoms with E-state index in [0.717, 1.165) is 5.69 Å². The maximum Gasteiger partial charge on any atom is 0.328 e. The molecular weight excluding hydrogens is 234 g/mol. The molecule has 0 aliphatic rings. The van der Waals surface area contributed by atoms with Crippen molar-refractivity contribution in [3.05, 3.63) is 30.3 Å². The summed E-state index contributed by atoms with van der Waals surface area (Å²) >= 11 is 0. The van der Waals surface area contributed by atoms with Crippen LogP contribution in [0.2, 0.25) is 0 Å². The number of aromatic nitrogens is 4. The molecule has 7 heteroatoms. The molecule has 0 amide bonds. The summed E-state index contributed by atoms with van der Waals surface area (Å²) in [7, 11) is 1.33. The number of anilines is 1. The van der Waals surface area contributed by atoms with E-state index in [2.05, 4.69) is 25.6 Å². The second-order valence-electron chi connectivity index (χ2n) is 3.64. The molecule has 2 aromatic rings. The highest BCUT2D eigenvalue weighted by Gasteiger charge is 2.16. The van der Waals surface area contributed by atoms with Crippen LogP contribution in [0.15, 0.2) is 30.3 Å². The summed E-state index contributed by atoms with van der Waals surface area (Å²) in [5.41, 5.74) is 0.807. The van der Waals surface area contributed by atoms with Crippen molar-refractivity contribution in [1.29, 1.82) is 0 Å². The minimum absolute atomic E-state index is 0.377. The first-order chi connectivity index (χ1) is 8.72. The average Bonchev–Trinajstić information content (AvgIpc) is 2.86. The largest absolute Gasteiger partial charge is 0.467 e. The minimum Gasteiger partial charge on any atom is -0.467 e. The van der Waals surface area contributed by atoms with Gasteiger partial charge in [-0.15, -0.1) is 0 Å². The van der Waals surface area contributed by atoms with Gasteiger partial charge < -0.3 is 10.1 Å². The SMILES string of the molecule is COC(=O)C(C)Nc1nnnn1-c1ccccc1. The van der Waals surface area contributed by atoms with Crippen LogP contribution >= 0.6 is 0 Å². The lowest BCUT2D eigenvalue weighted by Crippen LogP contribution is -2.28. The maximum absolute atomic E-state index is 11.3. The van der Waals surface area contributed by atoms with E-state index in [1.54, 1.807) is 6.92 Å². The van der Waals surface area contributed by atoms with Crippen LogP contribution in [-0.2, 0) is 9.53 Å². The number of ether oxygens (including phenoxy) is 1. The summed E-state index contributed by atoms with van der Waals surface area (Å²) in [6.07, 6.45) is 0. The fourth-order valence-electron chi connectivity index (χ4n) is 1.45. The highest BCUT2D eigenvalue weighted by atomic mass is 16.5. The number of para-hydroxylation sites is 1. The molecule has 1 unspecified atom stereocenters. The van der Waals surface area contributed by atoms with Gasteiger partial charge in [0.2, 0.25) is 5.95 Å². The molecule has 0 fully saturated rings. The quantitative estimate of drug-likeness (QED) is 0.798. The fourth-order valence-corrected chi connectivity index (χ4v) is 1.45. The van der Waals surface area contributed by atoms with Crippen molar-refractivity contribution in [2.45, 2.75) is 13.0 Å². The van der Waals surface area contributed by atoms with Crippen molar-refractivity contribution in [1.82, 2.24) is 20.2 Å². The minimum atomic E-state index is -0.525. The predicted octanol–water partition coefficient (Wildman–Crippen LogP) is 0.636. The highest BCUT2D eigenvalue weighted by molar-refractivity contribution is 5.78. The topological polar surface area (TPSA) is 81.9 Å². The molecule has 1 heterocycles. The number of rotatable bonds is 4. The Morgan fingerprint density at radius 1 is 1.39 bits per heavy atom. The van der Waals surface area contributed by atoms with Gasteiger partial charge in [0.05, 0.1) is 12.8 Å². The van der Waals surface area contributed by atoms with E-state index in [1.165, 1.54) is 11.8 Å². The van der Waals surface area contributed by atoms with Crippen molar-refractivity contribution in [3.63, 3.8) is 0 Å². The summed E-state index contributed by atoms with van der Waals surface area (Å²) in [5.74, 6) is 0.0108. The van der Waals surface area contributed by atoms with E-state index in [-0.39, 0.29) is 5.97 Å². The van der Waals surface area contributed by atoms with Gasteiger partial charge in [0.25, 0.3) is 0 Å². The van der Waals surface area contributed by atoms with Gasteiger partial charge >= 0.3 is 5.97 Å². The summed E-state index contributed by atoms with van der Waals surface area (Å²) in [4.78, 5) is 11.3. The van der Waals surface area contributed by atoms with Crippen molar-refractivity contribution >= 4 is 11.9 Å². The number of nitrogens with one attached hydrogen (secondary N) is 1. The molecule has 0 aliphatic carbocycles. The first-order valence-corrected chi connectivity index (χ1v) is 5.40. The maximum atomic E-state index is 11.3. The number of carbonyl (C=O) groups excluding carboxylic acids is 1. The van der Waals surface area contributed by atoms with Crippen LogP contribution in [0, 0.1) is 0 Å². The van der Waals surface area contributed by atoms with Crippen molar-refractivity contribution in [3.8, 4) is 5.69 Å². The number of esters is 1. The Hall–Kier alpha value is -2.44. The Labute approximate surface area is 104 Å². The number of nitrogens with zero attached hydrogens (tertiary/aromatic N) is 4. The molecule has 1 aromatic heterocycles. The van der Waals surface area contributed by atoms with E-state index in [1.807, 2.05) is 30.3 Å². The Balaban J connectivity index is 2.21. The van der Waals surface area contributed by atoms with Crippen LogP contribution in [0.1, 0.15) is 6.92 Å². The van der Waals surface area contributed by atoms with Crippen LogP contribution < -0.4 is 5.32 Å². The van der Waals surface area contributed by atoms with Crippen LogP contribution in [0.5, 0.6) is 0 Å². The summed E-state index contributed by atoms with van der Waals surface area (Å²) < 4.78 is 6.14. The second kappa shape index (κ2) is 5.26. The standard InChI is InChI=1S/C11H13N5O2/c1-8(10(17)18-2)12-11-13-14-15-16(11)9-6-4-3-5-7-9/h3-8H,1-2H3,(H,12,13,15). The van der Waals surface area contributed by atoms with Crippen LogP contribution in [0.3, 0.4) is 0 Å². The van der Waals surface area contributed by atoms with Crippen molar-refractivity contribution < 1.29 is 9.53 Å². The smallest absolute Gasteiger partial charge is 0.328 e. The molecule has 2 rings (SSSR count). The first kappa shape index (κ1) is 12.0. The van der Waals surface area contributed by atoms with Gasteiger partial charge in [0.15, 0.2) is 0 Å².